The summed E-state index contributed by atoms with van der Waals surface area (Å²) in [5.41, 5.74) is 0. The smallest absolute Gasteiger partial charge is 0.344 e. The Labute approximate surface area is 114 Å². The Morgan fingerprint density at radius 1 is 1.33 bits per heavy atom. The second kappa shape index (κ2) is 29.5. The Morgan fingerprint density at radius 3 is 1.83 bits per heavy atom. The van der Waals surface area contributed by atoms with E-state index in [1.807, 2.05) is 19.1 Å². The molecule has 0 heterocycles. The van der Waals surface area contributed by atoms with Gasteiger partial charge in [-0.05, 0) is 0 Å². The van der Waals surface area contributed by atoms with Crippen molar-refractivity contribution in [2.45, 2.75) is 19.8 Å². The van der Waals surface area contributed by atoms with Crippen molar-refractivity contribution in [2.24, 2.45) is 0 Å². The minimum Gasteiger partial charge on any atom is -0.344 e. The quantitative estimate of drug-likeness (QED) is 0.597. The summed E-state index contributed by atoms with van der Waals surface area (Å²) in [7, 11) is 0. The minimum absolute atomic E-state index is 0. The Kier molecular flexibility index (Phi) is 71.8. The van der Waals surface area contributed by atoms with Crippen molar-refractivity contribution in [3.8, 4) is 0 Å². The summed E-state index contributed by atoms with van der Waals surface area (Å²) in [6.45, 7) is 5.50. The van der Waals surface area contributed by atoms with Gasteiger partial charge >= 0.3 is 26.2 Å². The first-order valence-corrected chi connectivity index (χ1v) is 2.92. The summed E-state index contributed by atoms with van der Waals surface area (Å²) in [5.74, 6) is 0. The molecule has 0 amide bonds. The molecule has 0 bridgehead atoms. The Morgan fingerprint density at radius 2 is 1.75 bits per heavy atom. The third-order valence-electron chi connectivity index (χ3n) is 0.586. The van der Waals surface area contributed by atoms with Crippen LogP contribution in [0.2, 0.25) is 0 Å². The van der Waals surface area contributed by atoms with Gasteiger partial charge in [0.2, 0.25) is 0 Å². The van der Waals surface area contributed by atoms with Gasteiger partial charge < -0.3 is 6.92 Å². The fourth-order valence-corrected chi connectivity index (χ4v) is 0.340. The zero-order valence-electron chi connectivity index (χ0n) is 7.08. The molecule has 0 N–H and O–H groups in total. The summed E-state index contributed by atoms with van der Waals surface area (Å²) < 4.78 is 0. The molecule has 0 aromatic carbocycles. The monoisotopic (exact) mass is 306 g/mol. The molecule has 0 radical (unpaired) electrons. The zero-order chi connectivity index (χ0) is 6.24. The third kappa shape index (κ3) is 30.3. The SMILES string of the molecule is Cl.Cl.Cl.[C-]1=CC=CC1.[CH2-]CC.[Zr+2]. The van der Waals surface area contributed by atoms with E-state index in [1.165, 1.54) is 0 Å². The topological polar surface area (TPSA) is 0 Å². The molecular weight excluding hydrogens is 294 g/mol. The average Bonchev–Trinajstić information content (AvgIpc) is 2.17. The molecule has 12 heavy (non-hydrogen) atoms. The van der Waals surface area contributed by atoms with Gasteiger partial charge in [0.05, 0.1) is 0 Å². The summed E-state index contributed by atoms with van der Waals surface area (Å²) in [6.07, 6.45) is 11.0. The van der Waals surface area contributed by atoms with Crippen LogP contribution in [-0.2, 0) is 26.2 Å². The first-order chi connectivity index (χ1) is 3.91. The zero-order valence-corrected chi connectivity index (χ0v) is 12.0. The molecule has 1 rings (SSSR count). The van der Waals surface area contributed by atoms with Gasteiger partial charge in [-0.2, -0.15) is 12.5 Å². The van der Waals surface area contributed by atoms with Crippen LogP contribution in [0, 0.1) is 13.0 Å². The number of halogens is 3. The Hall–Kier alpha value is 1.23. The second-order valence-corrected chi connectivity index (χ2v) is 1.50. The number of rotatable bonds is 0. The molecule has 4 heteroatoms. The fraction of sp³-hybridized carbons (Fsp3) is 0.375. The van der Waals surface area contributed by atoms with Gasteiger partial charge in [0, 0.05) is 0 Å². The Balaban J connectivity index is -0.0000000219. The van der Waals surface area contributed by atoms with E-state index >= 15 is 0 Å². The summed E-state index contributed by atoms with van der Waals surface area (Å²) in [5, 5.41) is 0. The van der Waals surface area contributed by atoms with Crippen molar-refractivity contribution < 1.29 is 26.2 Å². The number of hydrogen-bond donors (Lipinski definition) is 0. The van der Waals surface area contributed by atoms with Gasteiger partial charge in [-0.25, -0.2) is 12.2 Å². The van der Waals surface area contributed by atoms with Gasteiger partial charge in [-0.15, -0.1) is 43.6 Å². The summed E-state index contributed by atoms with van der Waals surface area (Å²) in [4.78, 5) is 0. The van der Waals surface area contributed by atoms with E-state index in [-0.39, 0.29) is 63.4 Å². The van der Waals surface area contributed by atoms with Crippen LogP contribution < -0.4 is 0 Å². The molecular formula is C8H15Cl3Zr. The molecule has 1 aliphatic rings. The van der Waals surface area contributed by atoms with E-state index in [0.29, 0.717) is 0 Å². The molecule has 72 valence electrons. The van der Waals surface area contributed by atoms with Crippen LogP contribution in [0.3, 0.4) is 0 Å². The van der Waals surface area contributed by atoms with Crippen molar-refractivity contribution in [3.63, 3.8) is 0 Å². The molecule has 0 aliphatic heterocycles. The first kappa shape index (κ1) is 29.2. The van der Waals surface area contributed by atoms with Gasteiger partial charge in [0.25, 0.3) is 0 Å². The van der Waals surface area contributed by atoms with Crippen LogP contribution in [0.1, 0.15) is 19.8 Å². The van der Waals surface area contributed by atoms with E-state index in [0.717, 1.165) is 12.8 Å². The molecule has 0 aromatic rings. The Bertz CT molecular complexity index is 82.3. The maximum atomic E-state index is 3.49. The van der Waals surface area contributed by atoms with Crippen LogP contribution in [0.25, 0.3) is 0 Å². The maximum Gasteiger partial charge on any atom is 2.00 e. The van der Waals surface area contributed by atoms with Crippen LogP contribution in [0.5, 0.6) is 0 Å². The molecule has 0 saturated heterocycles. The normalized spacial score (nSPS) is 8.83. The molecule has 0 saturated carbocycles. The molecule has 0 nitrogen and oxygen atoms in total. The van der Waals surface area contributed by atoms with Crippen molar-refractivity contribution in [1.29, 1.82) is 0 Å². The molecule has 0 fully saturated rings. The minimum atomic E-state index is 0. The molecule has 0 atom stereocenters. The van der Waals surface area contributed by atoms with Crippen LogP contribution in [-0.4, -0.2) is 0 Å². The second-order valence-electron chi connectivity index (χ2n) is 1.50. The molecule has 0 aromatic heterocycles. The van der Waals surface area contributed by atoms with E-state index in [9.17, 15) is 0 Å². The van der Waals surface area contributed by atoms with Gasteiger partial charge in [-0.3, -0.25) is 6.08 Å². The van der Waals surface area contributed by atoms with E-state index in [4.69, 9.17) is 0 Å². The first-order valence-electron chi connectivity index (χ1n) is 2.92. The predicted molar refractivity (Wildman–Crippen MR) is 59.0 cm³/mol. The van der Waals surface area contributed by atoms with Gasteiger partial charge in [-0.1, -0.05) is 6.92 Å². The summed E-state index contributed by atoms with van der Waals surface area (Å²) >= 11 is 0. The maximum absolute atomic E-state index is 3.49. The standard InChI is InChI=1S/C5H5.C3H7.3ClH.Zr/c1-2-4-5-3-1;1-3-2;;;;/h1-3H,4H2;1,3H2,2H3;3*1H;/q2*-1;;;;+2. The van der Waals surface area contributed by atoms with Crippen LogP contribution in [0.4, 0.5) is 0 Å². The van der Waals surface area contributed by atoms with Crippen LogP contribution >= 0.6 is 37.2 Å². The number of hydrogen-bond acceptors (Lipinski definition) is 0. The average molecular weight is 309 g/mol. The predicted octanol–water partition coefficient (Wildman–Crippen LogP) is 3.80. The van der Waals surface area contributed by atoms with Gasteiger partial charge in [0.15, 0.2) is 0 Å². The van der Waals surface area contributed by atoms with Crippen molar-refractivity contribution in [3.05, 3.63) is 31.2 Å². The molecule has 0 spiro atoms. The van der Waals surface area contributed by atoms with Gasteiger partial charge in [0.1, 0.15) is 0 Å². The largest absolute Gasteiger partial charge is 2.00 e. The van der Waals surface area contributed by atoms with Crippen molar-refractivity contribution >= 4 is 37.2 Å². The van der Waals surface area contributed by atoms with E-state index < -0.39 is 0 Å². The van der Waals surface area contributed by atoms with Crippen LogP contribution in [0.15, 0.2) is 18.2 Å². The molecule has 1 aliphatic carbocycles. The van der Waals surface area contributed by atoms with E-state index in [2.05, 4.69) is 19.1 Å². The van der Waals surface area contributed by atoms with Crippen molar-refractivity contribution in [1.82, 2.24) is 0 Å². The number of allylic oxidation sites excluding steroid dienone is 4. The fourth-order valence-electron chi connectivity index (χ4n) is 0.340. The molecule has 0 unspecified atom stereocenters. The third-order valence-corrected chi connectivity index (χ3v) is 0.586. The van der Waals surface area contributed by atoms with E-state index in [1.54, 1.807) is 0 Å². The van der Waals surface area contributed by atoms with Crippen molar-refractivity contribution in [2.75, 3.05) is 0 Å². The summed E-state index contributed by atoms with van der Waals surface area (Å²) in [6, 6.07) is 0.